The van der Waals surface area contributed by atoms with Crippen LogP contribution in [0.1, 0.15) is 43.7 Å². The SMILES string of the molecule is CCc1ccc(CC2CCC(=O)CC2)cc1. The first kappa shape index (κ1) is 11.4. The highest BCUT2D eigenvalue weighted by molar-refractivity contribution is 5.79. The molecule has 16 heavy (non-hydrogen) atoms. The Balaban J connectivity index is 1.90. The molecular formula is C15H20O. The predicted molar refractivity (Wildman–Crippen MR) is 66.5 cm³/mol. The van der Waals surface area contributed by atoms with Crippen LogP contribution in [0.4, 0.5) is 0 Å². The van der Waals surface area contributed by atoms with Crippen molar-refractivity contribution in [2.75, 3.05) is 0 Å². The summed E-state index contributed by atoms with van der Waals surface area (Å²) in [7, 11) is 0. The Morgan fingerprint density at radius 1 is 1.06 bits per heavy atom. The van der Waals surface area contributed by atoms with Crippen LogP contribution < -0.4 is 0 Å². The van der Waals surface area contributed by atoms with Gasteiger partial charge in [-0.3, -0.25) is 4.79 Å². The molecule has 0 heterocycles. The van der Waals surface area contributed by atoms with E-state index in [9.17, 15) is 4.79 Å². The maximum Gasteiger partial charge on any atom is 0.132 e. The summed E-state index contributed by atoms with van der Waals surface area (Å²) in [5, 5.41) is 0. The van der Waals surface area contributed by atoms with Gasteiger partial charge < -0.3 is 0 Å². The van der Waals surface area contributed by atoms with E-state index in [0.29, 0.717) is 5.78 Å². The van der Waals surface area contributed by atoms with Crippen LogP contribution in [0.3, 0.4) is 0 Å². The third-order valence-corrected chi connectivity index (χ3v) is 3.62. The summed E-state index contributed by atoms with van der Waals surface area (Å²) in [6.07, 6.45) is 6.05. The Bertz CT molecular complexity index is 340. The molecular weight excluding hydrogens is 196 g/mol. The average molecular weight is 216 g/mol. The molecule has 0 aliphatic heterocycles. The first-order valence-electron chi connectivity index (χ1n) is 6.37. The second-order valence-corrected chi connectivity index (χ2v) is 4.86. The van der Waals surface area contributed by atoms with Crippen molar-refractivity contribution >= 4 is 5.78 Å². The van der Waals surface area contributed by atoms with E-state index < -0.39 is 0 Å². The van der Waals surface area contributed by atoms with Crippen molar-refractivity contribution in [3.8, 4) is 0 Å². The monoisotopic (exact) mass is 216 g/mol. The van der Waals surface area contributed by atoms with Gasteiger partial charge in [-0.1, -0.05) is 31.2 Å². The second kappa shape index (κ2) is 5.29. The van der Waals surface area contributed by atoms with Crippen LogP contribution in [0.15, 0.2) is 24.3 Å². The fraction of sp³-hybridized carbons (Fsp3) is 0.533. The van der Waals surface area contributed by atoms with Crippen molar-refractivity contribution in [1.82, 2.24) is 0 Å². The summed E-state index contributed by atoms with van der Waals surface area (Å²) in [6.45, 7) is 2.18. The molecule has 0 radical (unpaired) electrons. The zero-order chi connectivity index (χ0) is 11.4. The zero-order valence-corrected chi connectivity index (χ0v) is 10.0. The van der Waals surface area contributed by atoms with Crippen molar-refractivity contribution in [3.05, 3.63) is 35.4 Å². The summed E-state index contributed by atoms with van der Waals surface area (Å²) in [4.78, 5) is 11.1. The number of Topliss-reactive ketones (excluding diaryl/α,β-unsaturated/α-hetero) is 1. The maximum atomic E-state index is 11.1. The molecule has 0 N–H and O–H groups in total. The van der Waals surface area contributed by atoms with Gasteiger partial charge in [0.15, 0.2) is 0 Å². The van der Waals surface area contributed by atoms with Gasteiger partial charge in [0.1, 0.15) is 5.78 Å². The van der Waals surface area contributed by atoms with E-state index >= 15 is 0 Å². The van der Waals surface area contributed by atoms with Crippen LogP contribution in [0, 0.1) is 5.92 Å². The molecule has 1 aromatic rings. The number of rotatable bonds is 3. The number of carbonyl (C=O) groups excluding carboxylic acids is 1. The molecule has 0 amide bonds. The van der Waals surface area contributed by atoms with Crippen LogP contribution in [0.25, 0.3) is 0 Å². The lowest BCUT2D eigenvalue weighted by Crippen LogP contribution is -2.15. The van der Waals surface area contributed by atoms with Gasteiger partial charge in [-0.25, -0.2) is 0 Å². The molecule has 0 saturated heterocycles. The van der Waals surface area contributed by atoms with Crippen LogP contribution in [-0.2, 0) is 17.6 Å². The lowest BCUT2D eigenvalue weighted by molar-refractivity contribution is -0.120. The van der Waals surface area contributed by atoms with Gasteiger partial charge in [0.05, 0.1) is 0 Å². The van der Waals surface area contributed by atoms with Crippen molar-refractivity contribution in [1.29, 1.82) is 0 Å². The highest BCUT2D eigenvalue weighted by Gasteiger charge is 2.18. The van der Waals surface area contributed by atoms with E-state index in [4.69, 9.17) is 0 Å². The van der Waals surface area contributed by atoms with Crippen LogP contribution in [0.5, 0.6) is 0 Å². The predicted octanol–water partition coefficient (Wildman–Crippen LogP) is 3.55. The van der Waals surface area contributed by atoms with Gasteiger partial charge in [-0.2, -0.15) is 0 Å². The summed E-state index contributed by atoms with van der Waals surface area (Å²) in [5.74, 6) is 1.18. The van der Waals surface area contributed by atoms with E-state index in [1.54, 1.807) is 0 Å². The Labute approximate surface area is 97.9 Å². The van der Waals surface area contributed by atoms with E-state index in [0.717, 1.165) is 44.4 Å². The smallest absolute Gasteiger partial charge is 0.132 e. The largest absolute Gasteiger partial charge is 0.300 e. The summed E-state index contributed by atoms with van der Waals surface area (Å²) in [5.41, 5.74) is 2.83. The maximum absolute atomic E-state index is 11.1. The Morgan fingerprint density at radius 3 is 2.19 bits per heavy atom. The number of benzene rings is 1. The molecule has 1 aromatic carbocycles. The first-order valence-corrected chi connectivity index (χ1v) is 6.37. The normalized spacial score (nSPS) is 17.7. The van der Waals surface area contributed by atoms with Crippen LogP contribution >= 0.6 is 0 Å². The van der Waals surface area contributed by atoms with Gasteiger partial charge in [-0.15, -0.1) is 0 Å². The molecule has 1 heteroatoms. The molecule has 1 fully saturated rings. The number of hydrogen-bond acceptors (Lipinski definition) is 1. The number of hydrogen-bond donors (Lipinski definition) is 0. The van der Waals surface area contributed by atoms with Crippen molar-refractivity contribution in [2.45, 2.75) is 45.4 Å². The average Bonchev–Trinajstić information content (AvgIpc) is 2.33. The molecule has 0 bridgehead atoms. The van der Waals surface area contributed by atoms with E-state index in [2.05, 4.69) is 31.2 Å². The van der Waals surface area contributed by atoms with Crippen LogP contribution in [-0.4, -0.2) is 5.78 Å². The fourth-order valence-corrected chi connectivity index (χ4v) is 2.45. The highest BCUT2D eigenvalue weighted by Crippen LogP contribution is 2.25. The summed E-state index contributed by atoms with van der Waals surface area (Å²) < 4.78 is 0. The Kier molecular flexibility index (Phi) is 3.76. The number of aryl methyl sites for hydroxylation is 1. The van der Waals surface area contributed by atoms with E-state index in [1.807, 2.05) is 0 Å². The van der Waals surface area contributed by atoms with Crippen molar-refractivity contribution in [2.24, 2.45) is 5.92 Å². The summed E-state index contributed by atoms with van der Waals surface area (Å²) >= 11 is 0. The lowest BCUT2D eigenvalue weighted by atomic mass is 9.84. The molecule has 0 atom stereocenters. The van der Waals surface area contributed by atoms with E-state index in [-0.39, 0.29) is 0 Å². The molecule has 1 aliphatic rings. The third-order valence-electron chi connectivity index (χ3n) is 3.62. The third kappa shape index (κ3) is 2.94. The minimum Gasteiger partial charge on any atom is -0.300 e. The Morgan fingerprint density at radius 2 is 1.62 bits per heavy atom. The molecule has 0 aromatic heterocycles. The molecule has 1 saturated carbocycles. The van der Waals surface area contributed by atoms with Crippen molar-refractivity contribution < 1.29 is 4.79 Å². The Hall–Kier alpha value is -1.11. The van der Waals surface area contributed by atoms with Gasteiger partial charge in [0, 0.05) is 12.8 Å². The minimum atomic E-state index is 0.456. The number of ketones is 1. The minimum absolute atomic E-state index is 0.456. The molecule has 86 valence electrons. The fourth-order valence-electron chi connectivity index (χ4n) is 2.45. The second-order valence-electron chi connectivity index (χ2n) is 4.86. The van der Waals surface area contributed by atoms with Crippen LogP contribution in [0.2, 0.25) is 0 Å². The first-order chi connectivity index (χ1) is 7.78. The quantitative estimate of drug-likeness (QED) is 0.755. The highest BCUT2D eigenvalue weighted by atomic mass is 16.1. The lowest BCUT2D eigenvalue weighted by Gasteiger charge is -2.20. The summed E-state index contributed by atoms with van der Waals surface area (Å²) in [6, 6.07) is 8.94. The van der Waals surface area contributed by atoms with Crippen molar-refractivity contribution in [3.63, 3.8) is 0 Å². The molecule has 2 rings (SSSR count). The van der Waals surface area contributed by atoms with Gasteiger partial charge >= 0.3 is 0 Å². The molecule has 1 aliphatic carbocycles. The molecule has 0 spiro atoms. The standard InChI is InChI=1S/C15H20O/c1-2-12-3-5-13(6-4-12)11-14-7-9-15(16)10-8-14/h3-6,14H,2,7-11H2,1H3. The number of carbonyl (C=O) groups is 1. The van der Waals surface area contributed by atoms with E-state index in [1.165, 1.54) is 11.1 Å². The molecule has 1 nitrogen and oxygen atoms in total. The zero-order valence-electron chi connectivity index (χ0n) is 10.0. The van der Waals surface area contributed by atoms with Gasteiger partial charge in [0.25, 0.3) is 0 Å². The van der Waals surface area contributed by atoms with Gasteiger partial charge in [0.2, 0.25) is 0 Å². The molecule has 0 unspecified atom stereocenters. The van der Waals surface area contributed by atoms with Gasteiger partial charge in [-0.05, 0) is 42.7 Å². The topological polar surface area (TPSA) is 17.1 Å².